The number of methoxy groups -OCH3 is 3. The van der Waals surface area contributed by atoms with E-state index < -0.39 is 5.97 Å². The summed E-state index contributed by atoms with van der Waals surface area (Å²) < 4.78 is 34.5. The maximum Gasteiger partial charge on any atom is 0.331 e. The van der Waals surface area contributed by atoms with Gasteiger partial charge in [0.1, 0.15) is 5.82 Å². The van der Waals surface area contributed by atoms with Crippen molar-refractivity contribution in [3.05, 3.63) is 59.4 Å². The molecule has 35 heavy (non-hydrogen) atoms. The molecule has 0 spiro atoms. The van der Waals surface area contributed by atoms with Crippen LogP contribution in [-0.4, -0.2) is 50.8 Å². The molecule has 0 atom stereocenters. The minimum absolute atomic E-state index is 0.0785. The number of hydrogen-bond donors (Lipinski definition) is 0. The van der Waals surface area contributed by atoms with E-state index in [1.165, 1.54) is 39.5 Å². The summed E-state index contributed by atoms with van der Waals surface area (Å²) in [7, 11) is 4.53. The van der Waals surface area contributed by atoms with Gasteiger partial charge >= 0.3 is 5.97 Å². The summed E-state index contributed by atoms with van der Waals surface area (Å²) in [6, 6.07) is 9.58. The minimum Gasteiger partial charge on any atom is -0.493 e. The molecule has 0 bridgehead atoms. The first-order chi connectivity index (χ1) is 16.9. The van der Waals surface area contributed by atoms with Crippen LogP contribution in [0.3, 0.4) is 0 Å². The summed E-state index contributed by atoms with van der Waals surface area (Å²) in [5, 5.41) is 0. The Hall–Kier alpha value is -3.55. The fourth-order valence-corrected chi connectivity index (χ4v) is 4.23. The quantitative estimate of drug-likeness (QED) is 0.357. The fourth-order valence-electron chi connectivity index (χ4n) is 4.23. The Balaban J connectivity index is 1.64. The van der Waals surface area contributed by atoms with Crippen LogP contribution in [0.2, 0.25) is 0 Å². The van der Waals surface area contributed by atoms with Gasteiger partial charge in [-0.1, -0.05) is 31.4 Å². The second kappa shape index (κ2) is 12.8. The zero-order chi connectivity index (χ0) is 25.2. The van der Waals surface area contributed by atoms with Crippen molar-refractivity contribution in [1.82, 2.24) is 4.90 Å². The Morgan fingerprint density at radius 3 is 2.17 bits per heavy atom. The normalized spacial score (nSPS) is 13.9. The van der Waals surface area contributed by atoms with Crippen molar-refractivity contribution in [2.24, 2.45) is 0 Å². The Kier molecular flexibility index (Phi) is 9.52. The molecule has 0 heterocycles. The predicted octanol–water partition coefficient (Wildman–Crippen LogP) is 4.77. The second-order valence-electron chi connectivity index (χ2n) is 8.34. The molecule has 0 N–H and O–H groups in total. The molecule has 2 aromatic carbocycles. The minimum atomic E-state index is -0.641. The largest absolute Gasteiger partial charge is 0.493 e. The molecule has 0 unspecified atom stereocenters. The third-order valence-corrected chi connectivity index (χ3v) is 6.04. The van der Waals surface area contributed by atoms with Crippen LogP contribution in [0.1, 0.15) is 43.2 Å². The lowest BCUT2D eigenvalue weighted by molar-refractivity contribution is -0.150. The summed E-state index contributed by atoms with van der Waals surface area (Å²) in [5.41, 5.74) is 1.47. The van der Waals surface area contributed by atoms with Gasteiger partial charge in [0.15, 0.2) is 18.1 Å². The van der Waals surface area contributed by atoms with E-state index in [1.807, 2.05) is 0 Å². The molecule has 188 valence electrons. The molecule has 1 aliphatic carbocycles. The summed E-state index contributed by atoms with van der Waals surface area (Å²) >= 11 is 0. The number of carbonyl (C=O) groups excluding carboxylic acids is 2. The third kappa shape index (κ3) is 7.21. The van der Waals surface area contributed by atoms with Crippen molar-refractivity contribution >= 4 is 18.0 Å². The van der Waals surface area contributed by atoms with E-state index >= 15 is 0 Å². The van der Waals surface area contributed by atoms with Crippen molar-refractivity contribution in [1.29, 1.82) is 0 Å². The van der Waals surface area contributed by atoms with Crippen molar-refractivity contribution in [2.45, 2.75) is 44.7 Å². The Labute approximate surface area is 205 Å². The number of halogens is 1. The lowest BCUT2D eigenvalue weighted by atomic mass is 9.93. The molecule has 1 amide bonds. The highest BCUT2D eigenvalue weighted by Gasteiger charge is 2.26. The summed E-state index contributed by atoms with van der Waals surface area (Å²) in [6.45, 7) is -0.0151. The van der Waals surface area contributed by atoms with E-state index in [4.69, 9.17) is 18.9 Å². The molecule has 7 nitrogen and oxygen atoms in total. The fraction of sp³-hybridized carbons (Fsp3) is 0.407. The number of carbonyl (C=O) groups is 2. The summed E-state index contributed by atoms with van der Waals surface area (Å²) in [4.78, 5) is 27.1. The highest BCUT2D eigenvalue weighted by molar-refractivity contribution is 5.89. The highest BCUT2D eigenvalue weighted by Crippen LogP contribution is 2.38. The molecule has 0 saturated heterocycles. The van der Waals surface area contributed by atoms with Crippen molar-refractivity contribution in [2.75, 3.05) is 27.9 Å². The number of esters is 1. The van der Waals surface area contributed by atoms with Crippen LogP contribution >= 0.6 is 0 Å². The standard InChI is InChI=1S/C27H32FNO6/c1-32-23-15-20(16-24(33-2)27(23)34-3)11-14-26(31)35-18-25(30)29(22-7-5-4-6-8-22)17-19-9-12-21(28)13-10-19/h9-16,22H,4-8,17-18H2,1-3H3/b14-11+. The van der Waals surface area contributed by atoms with E-state index in [1.54, 1.807) is 35.2 Å². The second-order valence-corrected chi connectivity index (χ2v) is 8.34. The van der Waals surface area contributed by atoms with Crippen LogP contribution in [0.5, 0.6) is 17.2 Å². The molecule has 1 fully saturated rings. The van der Waals surface area contributed by atoms with Gasteiger partial charge in [-0.05, 0) is 54.3 Å². The van der Waals surface area contributed by atoms with Crippen molar-refractivity contribution in [3.63, 3.8) is 0 Å². The number of rotatable bonds is 10. The average molecular weight is 486 g/mol. The van der Waals surface area contributed by atoms with Crippen LogP contribution in [0.4, 0.5) is 4.39 Å². The summed E-state index contributed by atoms with van der Waals surface area (Å²) in [6.07, 6.45) is 7.86. The predicted molar refractivity (Wildman–Crippen MR) is 130 cm³/mol. The van der Waals surface area contributed by atoms with Crippen LogP contribution in [0, 0.1) is 5.82 Å². The first kappa shape index (κ1) is 26.1. The van der Waals surface area contributed by atoms with E-state index in [0.29, 0.717) is 29.4 Å². The molecule has 1 saturated carbocycles. The molecular formula is C27H32FNO6. The van der Waals surface area contributed by atoms with E-state index in [2.05, 4.69) is 0 Å². The molecule has 3 rings (SSSR count). The van der Waals surface area contributed by atoms with E-state index in [9.17, 15) is 14.0 Å². The first-order valence-corrected chi connectivity index (χ1v) is 11.6. The molecule has 8 heteroatoms. The van der Waals surface area contributed by atoms with Gasteiger partial charge in [-0.15, -0.1) is 0 Å². The number of amides is 1. The van der Waals surface area contributed by atoms with Crippen molar-refractivity contribution < 1.29 is 32.9 Å². The highest BCUT2D eigenvalue weighted by atomic mass is 19.1. The Bertz CT molecular complexity index is 1010. The molecule has 0 radical (unpaired) electrons. The lowest BCUT2D eigenvalue weighted by Gasteiger charge is -2.34. The third-order valence-electron chi connectivity index (χ3n) is 6.04. The van der Waals surface area contributed by atoms with Crippen LogP contribution in [-0.2, 0) is 20.9 Å². The monoisotopic (exact) mass is 485 g/mol. The molecule has 2 aromatic rings. The zero-order valence-electron chi connectivity index (χ0n) is 20.4. The first-order valence-electron chi connectivity index (χ1n) is 11.6. The van der Waals surface area contributed by atoms with Gasteiger partial charge in [-0.2, -0.15) is 0 Å². The van der Waals surface area contributed by atoms with Gasteiger partial charge in [0.05, 0.1) is 21.3 Å². The number of benzene rings is 2. The van der Waals surface area contributed by atoms with Gasteiger partial charge in [0.25, 0.3) is 5.91 Å². The van der Waals surface area contributed by atoms with Gasteiger partial charge in [-0.25, -0.2) is 9.18 Å². The molecule has 0 aromatic heterocycles. The zero-order valence-corrected chi connectivity index (χ0v) is 20.4. The average Bonchev–Trinajstić information content (AvgIpc) is 2.89. The van der Waals surface area contributed by atoms with Crippen LogP contribution < -0.4 is 14.2 Å². The number of ether oxygens (including phenoxy) is 4. The van der Waals surface area contributed by atoms with Crippen LogP contribution in [0.15, 0.2) is 42.5 Å². The Morgan fingerprint density at radius 1 is 0.971 bits per heavy atom. The van der Waals surface area contributed by atoms with Gasteiger partial charge in [0.2, 0.25) is 5.75 Å². The topological polar surface area (TPSA) is 74.3 Å². The summed E-state index contributed by atoms with van der Waals surface area (Å²) in [5.74, 6) is 0.132. The van der Waals surface area contributed by atoms with Gasteiger partial charge in [0, 0.05) is 18.7 Å². The van der Waals surface area contributed by atoms with Crippen molar-refractivity contribution in [3.8, 4) is 17.2 Å². The lowest BCUT2D eigenvalue weighted by Crippen LogP contribution is -2.43. The van der Waals surface area contributed by atoms with Gasteiger partial charge in [-0.3, -0.25) is 4.79 Å². The van der Waals surface area contributed by atoms with E-state index in [0.717, 1.165) is 37.7 Å². The van der Waals surface area contributed by atoms with E-state index in [-0.39, 0.29) is 24.4 Å². The number of nitrogens with zero attached hydrogens (tertiary/aromatic N) is 1. The van der Waals surface area contributed by atoms with Gasteiger partial charge < -0.3 is 23.8 Å². The smallest absolute Gasteiger partial charge is 0.331 e. The molecule has 0 aliphatic heterocycles. The SMILES string of the molecule is COc1cc(/C=C/C(=O)OCC(=O)N(Cc2ccc(F)cc2)C2CCCCC2)cc(OC)c1OC. The maximum atomic E-state index is 13.3. The maximum absolute atomic E-state index is 13.3. The Morgan fingerprint density at radius 2 is 1.60 bits per heavy atom. The molecular weight excluding hydrogens is 453 g/mol. The van der Waals surface area contributed by atoms with Crippen LogP contribution in [0.25, 0.3) is 6.08 Å². The molecule has 1 aliphatic rings. The number of hydrogen-bond acceptors (Lipinski definition) is 6.